The zero-order chi connectivity index (χ0) is 22.8. The van der Waals surface area contributed by atoms with Crippen LogP contribution in [0.2, 0.25) is 0 Å². The predicted molar refractivity (Wildman–Crippen MR) is 133 cm³/mol. The van der Waals surface area contributed by atoms with Crippen molar-refractivity contribution in [3.8, 4) is 33.5 Å². The van der Waals surface area contributed by atoms with Crippen LogP contribution in [0.25, 0.3) is 33.5 Å². The highest BCUT2D eigenvalue weighted by Gasteiger charge is 2.22. The topological polar surface area (TPSA) is 60.6 Å². The van der Waals surface area contributed by atoms with E-state index in [1.54, 1.807) is 0 Å². The van der Waals surface area contributed by atoms with E-state index in [4.69, 9.17) is 4.98 Å². The van der Waals surface area contributed by atoms with E-state index in [0.717, 1.165) is 34.4 Å². The molecule has 6 nitrogen and oxygen atoms in total. The van der Waals surface area contributed by atoms with Crippen molar-refractivity contribution in [2.45, 2.75) is 38.1 Å². The average Bonchev–Trinajstić information content (AvgIpc) is 3.48. The van der Waals surface area contributed by atoms with Crippen LogP contribution in [0, 0.1) is 5.92 Å². The third-order valence-corrected chi connectivity index (χ3v) is 6.97. The summed E-state index contributed by atoms with van der Waals surface area (Å²) in [7, 11) is 6.00. The highest BCUT2D eigenvalue weighted by atomic mass is 15.2. The summed E-state index contributed by atoms with van der Waals surface area (Å²) in [6.07, 6.45) is 16.2. The van der Waals surface area contributed by atoms with Crippen molar-refractivity contribution < 1.29 is 0 Å². The monoisotopic (exact) mass is 440 g/mol. The molecule has 4 aromatic rings. The summed E-state index contributed by atoms with van der Waals surface area (Å²) >= 11 is 0. The third kappa shape index (κ3) is 4.76. The van der Waals surface area contributed by atoms with Crippen molar-refractivity contribution in [1.82, 2.24) is 29.9 Å². The lowest BCUT2D eigenvalue weighted by molar-refractivity contribution is 0.300. The molecule has 1 saturated carbocycles. The number of benzene rings is 1. The molecular formula is C27H32N6. The first-order valence-electron chi connectivity index (χ1n) is 11.8. The summed E-state index contributed by atoms with van der Waals surface area (Å²) in [5.74, 6) is 0.710. The number of hydrogen-bond donors (Lipinski definition) is 1. The fourth-order valence-electron chi connectivity index (χ4n) is 5.04. The van der Waals surface area contributed by atoms with E-state index in [2.05, 4.69) is 59.1 Å². The molecule has 0 bridgehead atoms. The van der Waals surface area contributed by atoms with Crippen LogP contribution in [0.4, 0.5) is 0 Å². The Bertz CT molecular complexity index is 1230. The van der Waals surface area contributed by atoms with Crippen LogP contribution < -0.4 is 5.32 Å². The zero-order valence-electron chi connectivity index (χ0n) is 19.7. The predicted octanol–water partition coefficient (Wildman–Crippen LogP) is 4.87. The van der Waals surface area contributed by atoms with Crippen molar-refractivity contribution >= 4 is 0 Å². The maximum Gasteiger partial charge on any atom is 0.0705 e. The van der Waals surface area contributed by atoms with E-state index in [0.29, 0.717) is 12.0 Å². The largest absolute Gasteiger partial charge is 0.317 e. The lowest BCUT2D eigenvalue weighted by Crippen LogP contribution is -2.30. The highest BCUT2D eigenvalue weighted by molar-refractivity contribution is 5.73. The molecule has 0 amide bonds. The molecule has 5 rings (SSSR count). The van der Waals surface area contributed by atoms with E-state index >= 15 is 0 Å². The molecule has 0 saturated heterocycles. The number of aromatic nitrogens is 5. The van der Waals surface area contributed by atoms with Gasteiger partial charge in [0.2, 0.25) is 0 Å². The van der Waals surface area contributed by atoms with Gasteiger partial charge in [-0.2, -0.15) is 10.2 Å². The quantitative estimate of drug-likeness (QED) is 0.465. The van der Waals surface area contributed by atoms with Gasteiger partial charge in [-0.05, 0) is 68.3 Å². The van der Waals surface area contributed by atoms with Gasteiger partial charge in [-0.3, -0.25) is 14.3 Å². The first-order valence-corrected chi connectivity index (χ1v) is 11.8. The molecule has 1 N–H and O–H groups in total. The Morgan fingerprint density at radius 1 is 0.848 bits per heavy atom. The van der Waals surface area contributed by atoms with Crippen LogP contribution in [-0.4, -0.2) is 37.6 Å². The van der Waals surface area contributed by atoms with Crippen molar-refractivity contribution in [3.63, 3.8) is 0 Å². The maximum atomic E-state index is 4.89. The summed E-state index contributed by atoms with van der Waals surface area (Å²) in [6, 6.07) is 11.6. The van der Waals surface area contributed by atoms with E-state index in [9.17, 15) is 0 Å². The van der Waals surface area contributed by atoms with Gasteiger partial charge in [0.25, 0.3) is 0 Å². The average molecular weight is 441 g/mol. The molecule has 3 aromatic heterocycles. The van der Waals surface area contributed by atoms with Gasteiger partial charge >= 0.3 is 0 Å². The highest BCUT2D eigenvalue weighted by Crippen LogP contribution is 2.34. The van der Waals surface area contributed by atoms with Crippen LogP contribution in [0.15, 0.2) is 61.3 Å². The molecule has 1 aromatic carbocycles. The van der Waals surface area contributed by atoms with Gasteiger partial charge in [0.05, 0.1) is 18.1 Å². The van der Waals surface area contributed by atoms with Crippen LogP contribution in [0.1, 0.15) is 31.2 Å². The number of pyridine rings is 1. The molecule has 0 atom stereocenters. The summed E-state index contributed by atoms with van der Waals surface area (Å²) < 4.78 is 3.70. The molecule has 1 aliphatic rings. The third-order valence-electron chi connectivity index (χ3n) is 6.97. The Kier molecular flexibility index (Phi) is 6.09. The molecule has 1 aliphatic carbocycles. The molecule has 33 heavy (non-hydrogen) atoms. The SMILES string of the molecule is CNC1CCC(Cc2cc(-c3cccc(-c4cnn(C)c4)c3)ncc2-c2cnn(C)c2)CC1. The minimum absolute atomic E-state index is 0.669. The van der Waals surface area contributed by atoms with Gasteiger partial charge in [-0.15, -0.1) is 0 Å². The van der Waals surface area contributed by atoms with E-state index < -0.39 is 0 Å². The first kappa shape index (κ1) is 21.6. The summed E-state index contributed by atoms with van der Waals surface area (Å²) in [5.41, 5.74) is 8.14. The van der Waals surface area contributed by atoms with Gasteiger partial charge in [-0.25, -0.2) is 0 Å². The van der Waals surface area contributed by atoms with Gasteiger partial charge in [0, 0.05) is 61.0 Å². The fraction of sp³-hybridized carbons (Fsp3) is 0.370. The molecule has 0 spiro atoms. The second-order valence-electron chi connectivity index (χ2n) is 9.32. The van der Waals surface area contributed by atoms with E-state index in [1.165, 1.54) is 36.8 Å². The minimum atomic E-state index is 0.669. The number of rotatable bonds is 6. The standard InChI is InChI=1S/C27H32N6/c1-28-25-9-7-19(8-10-25)11-22-13-27(29-16-26(22)24-15-31-33(3)18-24)21-6-4-5-20(12-21)23-14-30-32(2)17-23/h4-6,12-19,25,28H,7-11H2,1-3H3. The smallest absolute Gasteiger partial charge is 0.0705 e. The lowest BCUT2D eigenvalue weighted by atomic mass is 9.81. The van der Waals surface area contributed by atoms with Crippen LogP contribution in [0.3, 0.4) is 0 Å². The normalized spacial score (nSPS) is 18.5. The Labute approximate surface area is 195 Å². The Morgan fingerprint density at radius 3 is 2.21 bits per heavy atom. The van der Waals surface area contributed by atoms with Crippen molar-refractivity contribution in [1.29, 1.82) is 0 Å². The molecule has 3 heterocycles. The Hall–Kier alpha value is -3.25. The summed E-state index contributed by atoms with van der Waals surface area (Å²) in [4.78, 5) is 4.89. The van der Waals surface area contributed by atoms with Gasteiger partial charge in [0.1, 0.15) is 0 Å². The van der Waals surface area contributed by atoms with Crippen molar-refractivity contribution in [3.05, 3.63) is 66.9 Å². The summed E-state index contributed by atoms with van der Waals surface area (Å²) in [6.45, 7) is 0. The molecule has 0 unspecified atom stereocenters. The maximum absolute atomic E-state index is 4.89. The first-order chi connectivity index (χ1) is 16.1. The van der Waals surface area contributed by atoms with E-state index in [-0.39, 0.29) is 0 Å². The van der Waals surface area contributed by atoms with Crippen molar-refractivity contribution in [2.75, 3.05) is 7.05 Å². The number of hydrogen-bond acceptors (Lipinski definition) is 4. The zero-order valence-corrected chi connectivity index (χ0v) is 19.7. The minimum Gasteiger partial charge on any atom is -0.317 e. The number of nitrogens with one attached hydrogen (secondary N) is 1. The Morgan fingerprint density at radius 2 is 1.55 bits per heavy atom. The van der Waals surface area contributed by atoms with E-state index in [1.807, 2.05) is 48.2 Å². The van der Waals surface area contributed by atoms with Crippen LogP contribution in [-0.2, 0) is 20.5 Å². The number of aryl methyl sites for hydroxylation is 2. The molecule has 6 heteroatoms. The van der Waals surface area contributed by atoms with Gasteiger partial charge in [0.15, 0.2) is 0 Å². The second kappa shape index (κ2) is 9.32. The van der Waals surface area contributed by atoms with Crippen LogP contribution in [0.5, 0.6) is 0 Å². The van der Waals surface area contributed by atoms with Gasteiger partial charge < -0.3 is 5.32 Å². The molecule has 1 fully saturated rings. The fourth-order valence-corrected chi connectivity index (χ4v) is 5.04. The van der Waals surface area contributed by atoms with Gasteiger partial charge in [-0.1, -0.05) is 18.2 Å². The lowest BCUT2D eigenvalue weighted by Gasteiger charge is -2.28. The molecular weight excluding hydrogens is 408 g/mol. The Balaban J connectivity index is 1.48. The molecule has 0 aliphatic heterocycles. The number of nitrogens with zero attached hydrogens (tertiary/aromatic N) is 5. The van der Waals surface area contributed by atoms with Crippen LogP contribution >= 0.6 is 0 Å². The second-order valence-corrected chi connectivity index (χ2v) is 9.32. The van der Waals surface area contributed by atoms with Crippen molar-refractivity contribution in [2.24, 2.45) is 20.0 Å². The summed E-state index contributed by atoms with van der Waals surface area (Å²) in [5, 5.41) is 12.2. The molecule has 0 radical (unpaired) electrons. The molecule has 170 valence electrons.